The Kier molecular flexibility index (Phi) is 4.55. The fourth-order valence-corrected chi connectivity index (χ4v) is 0.757. The number of rotatable bonds is 5. The molecule has 14 heavy (non-hydrogen) atoms. The average molecular weight is 203 g/mol. The summed E-state index contributed by atoms with van der Waals surface area (Å²) in [6.45, 7) is 7.02. The summed E-state index contributed by atoms with van der Waals surface area (Å²) in [6, 6.07) is 0. The minimum absolute atomic E-state index is 0.0744. The molecule has 0 aliphatic heterocycles. The van der Waals surface area contributed by atoms with Crippen molar-refractivity contribution < 1.29 is 14.6 Å². The zero-order valence-electron chi connectivity index (χ0n) is 9.68. The number of carbonyl (C=O) groups excluding carboxylic acids is 1. The Morgan fingerprint density at radius 3 is 2.21 bits per heavy atom. The van der Waals surface area contributed by atoms with E-state index in [1.54, 1.807) is 20.8 Å². The van der Waals surface area contributed by atoms with Gasteiger partial charge in [0.05, 0.1) is 12.1 Å². The number of hydrogen-bond acceptors (Lipinski definition) is 3. The van der Waals surface area contributed by atoms with Crippen molar-refractivity contribution in [1.82, 2.24) is 5.32 Å². The van der Waals surface area contributed by atoms with Gasteiger partial charge in [-0.25, -0.2) is 0 Å². The van der Waals surface area contributed by atoms with Crippen molar-refractivity contribution in [3.8, 4) is 0 Å². The molecule has 0 aromatic carbocycles. The molecule has 0 bridgehead atoms. The lowest BCUT2D eigenvalue weighted by Crippen LogP contribution is -2.55. The van der Waals surface area contributed by atoms with Gasteiger partial charge in [0.1, 0.15) is 5.60 Å². The summed E-state index contributed by atoms with van der Waals surface area (Å²) < 4.78 is 5.04. The van der Waals surface area contributed by atoms with Crippen molar-refractivity contribution in [2.24, 2.45) is 0 Å². The van der Waals surface area contributed by atoms with Crippen LogP contribution in [0.15, 0.2) is 0 Å². The molecule has 0 aromatic rings. The van der Waals surface area contributed by atoms with Crippen molar-refractivity contribution in [2.45, 2.75) is 45.3 Å². The number of hydrogen-bond donors (Lipinski definition) is 2. The lowest BCUT2D eigenvalue weighted by atomic mass is 9.98. The molecule has 1 atom stereocenters. The zero-order valence-corrected chi connectivity index (χ0v) is 9.68. The third-order valence-corrected chi connectivity index (χ3v) is 2.60. The van der Waals surface area contributed by atoms with Gasteiger partial charge in [-0.1, -0.05) is 6.92 Å². The molecule has 4 heteroatoms. The van der Waals surface area contributed by atoms with Crippen LogP contribution in [0, 0.1) is 0 Å². The van der Waals surface area contributed by atoms with Gasteiger partial charge in [-0.05, 0) is 27.2 Å². The largest absolute Gasteiger partial charge is 0.394 e. The quantitative estimate of drug-likeness (QED) is 0.691. The lowest BCUT2D eigenvalue weighted by molar-refractivity contribution is -0.142. The second kappa shape index (κ2) is 4.75. The summed E-state index contributed by atoms with van der Waals surface area (Å²) in [7, 11) is 1.49. The Labute approximate surface area is 85.6 Å². The molecule has 1 unspecified atom stereocenters. The molecule has 0 aliphatic rings. The number of ether oxygens (including phenoxy) is 1. The van der Waals surface area contributed by atoms with E-state index in [-0.39, 0.29) is 12.5 Å². The van der Waals surface area contributed by atoms with Gasteiger partial charge in [-0.3, -0.25) is 4.79 Å². The second-order valence-electron chi connectivity index (χ2n) is 4.24. The highest BCUT2D eigenvalue weighted by Crippen LogP contribution is 2.13. The van der Waals surface area contributed by atoms with E-state index >= 15 is 0 Å². The van der Waals surface area contributed by atoms with Crippen LogP contribution in [0.25, 0.3) is 0 Å². The Morgan fingerprint density at radius 1 is 1.43 bits per heavy atom. The van der Waals surface area contributed by atoms with Crippen molar-refractivity contribution in [3.63, 3.8) is 0 Å². The molecule has 0 heterocycles. The van der Waals surface area contributed by atoms with E-state index in [1.165, 1.54) is 7.11 Å². The summed E-state index contributed by atoms with van der Waals surface area (Å²) in [5.74, 6) is -0.210. The van der Waals surface area contributed by atoms with Crippen LogP contribution in [0.5, 0.6) is 0 Å². The topological polar surface area (TPSA) is 58.6 Å². The molecule has 0 spiro atoms. The first-order valence-electron chi connectivity index (χ1n) is 4.80. The predicted octanol–water partition coefficient (Wildman–Crippen LogP) is 0.689. The third-order valence-electron chi connectivity index (χ3n) is 2.60. The van der Waals surface area contributed by atoms with E-state index in [1.807, 2.05) is 6.92 Å². The van der Waals surface area contributed by atoms with E-state index in [4.69, 9.17) is 9.84 Å². The van der Waals surface area contributed by atoms with E-state index in [0.29, 0.717) is 6.42 Å². The van der Waals surface area contributed by atoms with Gasteiger partial charge in [0.25, 0.3) is 5.91 Å². The van der Waals surface area contributed by atoms with Crippen LogP contribution in [-0.2, 0) is 9.53 Å². The van der Waals surface area contributed by atoms with E-state index < -0.39 is 11.1 Å². The van der Waals surface area contributed by atoms with Crippen LogP contribution >= 0.6 is 0 Å². The molecule has 0 radical (unpaired) electrons. The van der Waals surface area contributed by atoms with Gasteiger partial charge >= 0.3 is 0 Å². The summed E-state index contributed by atoms with van der Waals surface area (Å²) in [5, 5.41) is 11.9. The SMILES string of the molecule is CCC(C)(CO)NC(=O)C(C)(C)OC. The Bertz CT molecular complexity index is 198. The Hall–Kier alpha value is -0.610. The number of aliphatic hydroxyl groups excluding tert-OH is 1. The highest BCUT2D eigenvalue weighted by molar-refractivity contribution is 5.84. The molecule has 0 aliphatic carbocycles. The summed E-state index contributed by atoms with van der Waals surface area (Å²) in [5.41, 5.74) is -1.42. The summed E-state index contributed by atoms with van der Waals surface area (Å²) >= 11 is 0. The molecule has 0 fully saturated rings. The first kappa shape index (κ1) is 13.4. The van der Waals surface area contributed by atoms with Gasteiger partial charge < -0.3 is 15.2 Å². The van der Waals surface area contributed by atoms with Crippen molar-refractivity contribution in [1.29, 1.82) is 0 Å². The van der Waals surface area contributed by atoms with Gasteiger partial charge in [-0.15, -0.1) is 0 Å². The molecular weight excluding hydrogens is 182 g/mol. The van der Waals surface area contributed by atoms with Gasteiger partial charge in [0.2, 0.25) is 0 Å². The van der Waals surface area contributed by atoms with E-state index in [9.17, 15) is 4.79 Å². The fraction of sp³-hybridized carbons (Fsp3) is 0.900. The maximum atomic E-state index is 11.7. The molecule has 84 valence electrons. The Morgan fingerprint density at radius 2 is 1.93 bits per heavy atom. The fourth-order valence-electron chi connectivity index (χ4n) is 0.757. The van der Waals surface area contributed by atoms with Gasteiger partial charge in [0.15, 0.2) is 0 Å². The van der Waals surface area contributed by atoms with Crippen LogP contribution in [0.1, 0.15) is 34.1 Å². The number of aliphatic hydroxyl groups is 1. The standard InChI is InChI=1S/C10H21NO3/c1-6-10(4,7-12)11-8(13)9(2,3)14-5/h12H,6-7H2,1-5H3,(H,11,13). The lowest BCUT2D eigenvalue weighted by Gasteiger charge is -2.32. The van der Waals surface area contributed by atoms with Crippen molar-refractivity contribution >= 4 is 5.91 Å². The van der Waals surface area contributed by atoms with Gasteiger partial charge in [-0.2, -0.15) is 0 Å². The number of methoxy groups -OCH3 is 1. The molecule has 1 amide bonds. The molecule has 4 nitrogen and oxygen atoms in total. The third kappa shape index (κ3) is 3.27. The zero-order chi connectivity index (χ0) is 11.4. The molecule has 0 saturated heterocycles. The van der Waals surface area contributed by atoms with Gasteiger partial charge in [0, 0.05) is 7.11 Å². The van der Waals surface area contributed by atoms with Crippen LogP contribution < -0.4 is 5.32 Å². The monoisotopic (exact) mass is 203 g/mol. The normalized spacial score (nSPS) is 16.1. The van der Waals surface area contributed by atoms with Crippen LogP contribution in [0.2, 0.25) is 0 Å². The molecular formula is C10H21NO3. The van der Waals surface area contributed by atoms with Crippen molar-refractivity contribution in [3.05, 3.63) is 0 Å². The Balaban J connectivity index is 4.45. The highest BCUT2D eigenvalue weighted by Gasteiger charge is 2.32. The van der Waals surface area contributed by atoms with Crippen molar-refractivity contribution in [2.75, 3.05) is 13.7 Å². The molecule has 0 rings (SSSR count). The minimum Gasteiger partial charge on any atom is -0.394 e. The van der Waals surface area contributed by atoms with E-state index in [2.05, 4.69) is 5.32 Å². The number of carbonyl (C=O) groups is 1. The summed E-state index contributed by atoms with van der Waals surface area (Å²) in [6.07, 6.45) is 0.676. The molecule has 0 aromatic heterocycles. The second-order valence-corrected chi connectivity index (χ2v) is 4.24. The van der Waals surface area contributed by atoms with Crippen LogP contribution in [0.4, 0.5) is 0 Å². The predicted molar refractivity (Wildman–Crippen MR) is 55.0 cm³/mol. The molecule has 0 saturated carbocycles. The first-order chi connectivity index (χ1) is 6.31. The van der Waals surface area contributed by atoms with E-state index in [0.717, 1.165) is 0 Å². The summed E-state index contributed by atoms with van der Waals surface area (Å²) in [4.78, 5) is 11.7. The van der Waals surface area contributed by atoms with Crippen LogP contribution in [-0.4, -0.2) is 35.9 Å². The first-order valence-corrected chi connectivity index (χ1v) is 4.80. The number of nitrogens with one attached hydrogen (secondary N) is 1. The number of amides is 1. The maximum absolute atomic E-state index is 11.7. The molecule has 2 N–H and O–H groups in total. The smallest absolute Gasteiger partial charge is 0.252 e. The minimum atomic E-state index is -0.856. The van der Waals surface area contributed by atoms with Crippen LogP contribution in [0.3, 0.4) is 0 Å². The maximum Gasteiger partial charge on any atom is 0.252 e. The average Bonchev–Trinajstić information content (AvgIpc) is 2.17. The highest BCUT2D eigenvalue weighted by atomic mass is 16.5.